The summed E-state index contributed by atoms with van der Waals surface area (Å²) in [7, 11) is 0. The molecule has 21 heavy (non-hydrogen) atoms. The predicted octanol–water partition coefficient (Wildman–Crippen LogP) is 3.95. The minimum absolute atomic E-state index is 0.0300. The van der Waals surface area contributed by atoms with E-state index in [-0.39, 0.29) is 12.1 Å². The van der Waals surface area contributed by atoms with Crippen LogP contribution in [0.2, 0.25) is 0 Å². The standard InChI is InChI=1S/C17H28N2OS/c1-7-17(6)16(20)19(10-12(4)11(2)3)15(18-17)14-9-8-13(5)21-14/h8-9,11-12,15,18H,7,10H2,1-6H3. The number of amides is 1. The van der Waals surface area contributed by atoms with Crippen LogP contribution in [0.4, 0.5) is 0 Å². The smallest absolute Gasteiger partial charge is 0.244 e. The third kappa shape index (κ3) is 3.16. The molecule has 0 spiro atoms. The van der Waals surface area contributed by atoms with Crippen molar-refractivity contribution in [1.29, 1.82) is 0 Å². The molecule has 1 amide bonds. The first-order chi connectivity index (χ1) is 9.78. The van der Waals surface area contributed by atoms with E-state index < -0.39 is 5.54 Å². The van der Waals surface area contributed by atoms with Crippen molar-refractivity contribution in [2.75, 3.05) is 6.54 Å². The van der Waals surface area contributed by atoms with Gasteiger partial charge >= 0.3 is 0 Å². The summed E-state index contributed by atoms with van der Waals surface area (Å²) in [4.78, 5) is 17.5. The lowest BCUT2D eigenvalue weighted by Gasteiger charge is -2.28. The van der Waals surface area contributed by atoms with E-state index in [1.54, 1.807) is 11.3 Å². The summed E-state index contributed by atoms with van der Waals surface area (Å²) < 4.78 is 0. The maximum absolute atomic E-state index is 12.9. The van der Waals surface area contributed by atoms with Crippen LogP contribution in [-0.2, 0) is 4.79 Å². The molecule has 3 unspecified atom stereocenters. The second-order valence-electron chi connectivity index (χ2n) is 6.86. The fourth-order valence-electron chi connectivity index (χ4n) is 2.66. The molecule has 3 atom stereocenters. The van der Waals surface area contributed by atoms with Crippen LogP contribution in [0.15, 0.2) is 12.1 Å². The van der Waals surface area contributed by atoms with Gasteiger partial charge in [-0.15, -0.1) is 11.3 Å². The van der Waals surface area contributed by atoms with Crippen LogP contribution in [0.25, 0.3) is 0 Å². The molecule has 4 heteroatoms. The Labute approximate surface area is 132 Å². The summed E-state index contributed by atoms with van der Waals surface area (Å²) in [5.41, 5.74) is -0.431. The van der Waals surface area contributed by atoms with Gasteiger partial charge in [-0.25, -0.2) is 0 Å². The van der Waals surface area contributed by atoms with E-state index in [1.807, 2.05) is 6.92 Å². The molecule has 1 N–H and O–H groups in total. The first-order valence-electron chi connectivity index (χ1n) is 7.93. The number of hydrogen-bond acceptors (Lipinski definition) is 3. The number of carbonyl (C=O) groups is 1. The minimum atomic E-state index is -0.431. The van der Waals surface area contributed by atoms with E-state index in [2.05, 4.69) is 57.0 Å². The Morgan fingerprint density at radius 2 is 2.05 bits per heavy atom. The lowest BCUT2D eigenvalue weighted by atomic mass is 9.96. The van der Waals surface area contributed by atoms with Crippen molar-refractivity contribution in [3.8, 4) is 0 Å². The Balaban J connectivity index is 2.29. The van der Waals surface area contributed by atoms with Gasteiger partial charge in [0.25, 0.3) is 0 Å². The van der Waals surface area contributed by atoms with Gasteiger partial charge in [-0.3, -0.25) is 10.1 Å². The molecule has 1 aliphatic rings. The fourth-order valence-corrected chi connectivity index (χ4v) is 3.61. The zero-order valence-electron chi connectivity index (χ0n) is 14.1. The van der Waals surface area contributed by atoms with Gasteiger partial charge in [0.2, 0.25) is 5.91 Å². The zero-order valence-corrected chi connectivity index (χ0v) is 14.9. The van der Waals surface area contributed by atoms with E-state index in [9.17, 15) is 4.79 Å². The second kappa shape index (κ2) is 6.09. The maximum Gasteiger partial charge on any atom is 0.244 e. The van der Waals surface area contributed by atoms with E-state index in [4.69, 9.17) is 0 Å². The normalized spacial score (nSPS) is 27.7. The highest BCUT2D eigenvalue weighted by Crippen LogP contribution is 2.36. The third-order valence-corrected chi connectivity index (χ3v) is 5.91. The predicted molar refractivity (Wildman–Crippen MR) is 89.3 cm³/mol. The molecule has 2 rings (SSSR count). The Bertz CT molecular complexity index is 511. The summed E-state index contributed by atoms with van der Waals surface area (Å²) in [6, 6.07) is 4.29. The van der Waals surface area contributed by atoms with Gasteiger partial charge in [-0.2, -0.15) is 0 Å². The summed E-state index contributed by atoms with van der Waals surface area (Å²) >= 11 is 1.78. The second-order valence-corrected chi connectivity index (χ2v) is 8.18. The molecular formula is C17H28N2OS. The van der Waals surface area contributed by atoms with Crippen molar-refractivity contribution in [3.63, 3.8) is 0 Å². The largest absolute Gasteiger partial charge is 0.320 e. The summed E-state index contributed by atoms with van der Waals surface area (Å²) in [5.74, 6) is 1.32. The van der Waals surface area contributed by atoms with Crippen LogP contribution in [0, 0.1) is 18.8 Å². The number of carbonyl (C=O) groups excluding carboxylic acids is 1. The lowest BCUT2D eigenvalue weighted by molar-refractivity contribution is -0.133. The van der Waals surface area contributed by atoms with Gasteiger partial charge in [-0.1, -0.05) is 27.7 Å². The van der Waals surface area contributed by atoms with Gasteiger partial charge in [0, 0.05) is 16.3 Å². The fraction of sp³-hybridized carbons (Fsp3) is 0.706. The molecule has 3 nitrogen and oxygen atoms in total. The van der Waals surface area contributed by atoms with E-state index >= 15 is 0 Å². The van der Waals surface area contributed by atoms with Gasteiger partial charge < -0.3 is 4.90 Å². The zero-order chi connectivity index (χ0) is 15.8. The van der Waals surface area contributed by atoms with Crippen molar-refractivity contribution in [2.24, 2.45) is 11.8 Å². The average molecular weight is 308 g/mol. The molecule has 1 aliphatic heterocycles. The quantitative estimate of drug-likeness (QED) is 0.893. The van der Waals surface area contributed by atoms with E-state index in [0.717, 1.165) is 13.0 Å². The minimum Gasteiger partial charge on any atom is -0.320 e. The van der Waals surface area contributed by atoms with Crippen molar-refractivity contribution >= 4 is 17.2 Å². The molecule has 1 aromatic heterocycles. The van der Waals surface area contributed by atoms with Crippen molar-refractivity contribution < 1.29 is 4.79 Å². The van der Waals surface area contributed by atoms with E-state index in [1.165, 1.54) is 9.75 Å². The van der Waals surface area contributed by atoms with Gasteiger partial charge in [0.05, 0.1) is 5.54 Å². The molecular weight excluding hydrogens is 280 g/mol. The van der Waals surface area contributed by atoms with Crippen LogP contribution >= 0.6 is 11.3 Å². The Kier molecular flexibility index (Phi) is 4.79. The summed E-state index contributed by atoms with van der Waals surface area (Å²) in [6.45, 7) is 13.7. The number of aryl methyl sites for hydroxylation is 1. The molecule has 2 heterocycles. The van der Waals surface area contributed by atoms with Crippen molar-refractivity contribution in [1.82, 2.24) is 10.2 Å². The summed E-state index contributed by atoms with van der Waals surface area (Å²) in [6.07, 6.45) is 0.849. The molecule has 1 saturated heterocycles. The number of thiophene rings is 1. The SMILES string of the molecule is CCC1(C)NC(c2ccc(C)s2)N(CC(C)C(C)C)C1=O. The van der Waals surface area contributed by atoms with Gasteiger partial charge in [-0.05, 0) is 44.2 Å². The molecule has 0 radical (unpaired) electrons. The van der Waals surface area contributed by atoms with Crippen molar-refractivity contribution in [3.05, 3.63) is 21.9 Å². The first-order valence-corrected chi connectivity index (χ1v) is 8.75. The molecule has 0 aromatic carbocycles. The van der Waals surface area contributed by atoms with Crippen LogP contribution in [0.1, 0.15) is 57.0 Å². The molecule has 0 aliphatic carbocycles. The molecule has 1 aromatic rings. The highest BCUT2D eigenvalue weighted by molar-refractivity contribution is 7.12. The van der Waals surface area contributed by atoms with Crippen LogP contribution in [-0.4, -0.2) is 22.9 Å². The number of nitrogens with zero attached hydrogens (tertiary/aromatic N) is 1. The van der Waals surface area contributed by atoms with Crippen molar-refractivity contribution in [2.45, 2.75) is 59.7 Å². The molecule has 0 saturated carbocycles. The average Bonchev–Trinajstić information content (AvgIpc) is 2.96. The van der Waals surface area contributed by atoms with Gasteiger partial charge in [0.15, 0.2) is 0 Å². The Morgan fingerprint density at radius 1 is 1.38 bits per heavy atom. The number of hydrogen-bond donors (Lipinski definition) is 1. The van der Waals surface area contributed by atoms with E-state index in [0.29, 0.717) is 11.8 Å². The number of rotatable bonds is 5. The highest BCUT2D eigenvalue weighted by Gasteiger charge is 2.47. The lowest BCUT2D eigenvalue weighted by Crippen LogP contribution is -2.43. The van der Waals surface area contributed by atoms with Crippen LogP contribution in [0.3, 0.4) is 0 Å². The highest BCUT2D eigenvalue weighted by atomic mass is 32.1. The first kappa shape index (κ1) is 16.5. The Morgan fingerprint density at radius 3 is 2.52 bits per heavy atom. The molecule has 118 valence electrons. The summed E-state index contributed by atoms with van der Waals surface area (Å²) in [5, 5.41) is 3.58. The third-order valence-electron chi connectivity index (χ3n) is 4.86. The number of nitrogens with one attached hydrogen (secondary N) is 1. The van der Waals surface area contributed by atoms with Crippen LogP contribution in [0.5, 0.6) is 0 Å². The molecule has 1 fully saturated rings. The van der Waals surface area contributed by atoms with Gasteiger partial charge in [0.1, 0.15) is 6.17 Å². The van der Waals surface area contributed by atoms with Crippen LogP contribution < -0.4 is 5.32 Å². The Hall–Kier alpha value is -0.870. The molecule has 0 bridgehead atoms. The monoisotopic (exact) mass is 308 g/mol. The maximum atomic E-state index is 12.9. The topological polar surface area (TPSA) is 32.3 Å².